The summed E-state index contributed by atoms with van der Waals surface area (Å²) in [6.07, 6.45) is 0. The topological polar surface area (TPSA) is 41.7 Å². The number of benzene rings is 1. The number of hydrogen-bond acceptors (Lipinski definition) is 4. The molecule has 1 fully saturated rings. The van der Waals surface area contributed by atoms with Crippen LogP contribution in [0.3, 0.4) is 0 Å². The Hall–Kier alpha value is -1.26. The fourth-order valence-electron chi connectivity index (χ4n) is 2.80. The van der Waals surface area contributed by atoms with Crippen molar-refractivity contribution in [1.82, 2.24) is 9.80 Å². The number of nitrogens with zero attached hydrogens (tertiary/aromatic N) is 2. The smallest absolute Gasteiger partial charge is 0.142 e. The molecule has 2 N–H and O–H groups in total. The van der Waals surface area contributed by atoms with Gasteiger partial charge in [-0.25, -0.2) is 0 Å². The van der Waals surface area contributed by atoms with Gasteiger partial charge < -0.3 is 15.4 Å². The molecule has 0 aromatic heterocycles. The zero-order valence-electron chi connectivity index (χ0n) is 12.2. The van der Waals surface area contributed by atoms with E-state index < -0.39 is 0 Å². The second-order valence-electron chi connectivity index (χ2n) is 5.65. The normalized spacial score (nSPS) is 24.0. The van der Waals surface area contributed by atoms with Gasteiger partial charge in [-0.1, -0.05) is 19.1 Å². The average Bonchev–Trinajstić information content (AvgIpc) is 2.73. The van der Waals surface area contributed by atoms with Crippen LogP contribution in [0.25, 0.3) is 0 Å². The molecule has 1 saturated heterocycles. The largest absolute Gasteiger partial charge is 0.490 e. The third-order valence-corrected chi connectivity index (χ3v) is 3.90. The predicted molar refractivity (Wildman–Crippen MR) is 79.4 cm³/mol. The molecule has 0 radical (unpaired) electrons. The number of likely N-dealkylation sites (tertiary alicyclic amines) is 1. The van der Waals surface area contributed by atoms with Gasteiger partial charge in [-0.2, -0.15) is 0 Å². The van der Waals surface area contributed by atoms with Gasteiger partial charge in [0, 0.05) is 25.7 Å². The minimum absolute atomic E-state index is 0.654. The number of rotatable bonds is 5. The number of hydrogen-bond donors (Lipinski definition) is 1. The summed E-state index contributed by atoms with van der Waals surface area (Å²) in [5.74, 6) is 1.51. The summed E-state index contributed by atoms with van der Waals surface area (Å²) < 4.78 is 5.75. The Morgan fingerprint density at radius 3 is 2.68 bits per heavy atom. The number of nitrogen functional groups attached to an aromatic ring is 1. The zero-order valence-corrected chi connectivity index (χ0v) is 12.2. The van der Waals surface area contributed by atoms with Gasteiger partial charge >= 0.3 is 0 Å². The summed E-state index contributed by atoms with van der Waals surface area (Å²) in [7, 11) is 4.32. The third kappa shape index (κ3) is 3.61. The Bertz CT molecular complexity index is 408. The quantitative estimate of drug-likeness (QED) is 0.818. The van der Waals surface area contributed by atoms with E-state index in [1.807, 2.05) is 24.3 Å². The first-order valence-electron chi connectivity index (χ1n) is 6.94. The van der Waals surface area contributed by atoms with Gasteiger partial charge in [-0.15, -0.1) is 0 Å². The van der Waals surface area contributed by atoms with Gasteiger partial charge in [0.2, 0.25) is 0 Å². The van der Waals surface area contributed by atoms with Crippen LogP contribution < -0.4 is 10.5 Å². The van der Waals surface area contributed by atoms with E-state index in [2.05, 4.69) is 30.8 Å². The summed E-state index contributed by atoms with van der Waals surface area (Å²) in [6.45, 7) is 6.25. The highest BCUT2D eigenvalue weighted by Gasteiger charge is 2.30. The van der Waals surface area contributed by atoms with Crippen LogP contribution in [0, 0.1) is 5.92 Å². The highest BCUT2D eigenvalue weighted by molar-refractivity contribution is 5.51. The van der Waals surface area contributed by atoms with Crippen molar-refractivity contribution in [3.05, 3.63) is 24.3 Å². The lowest BCUT2D eigenvalue weighted by molar-refractivity contribution is 0.220. The standard InChI is InChI=1S/C15H25N3O/c1-12-10-18(11-14(12)17(2)3)8-9-19-15-7-5-4-6-13(15)16/h4-7,12,14H,8-11,16H2,1-3H3. The first-order valence-corrected chi connectivity index (χ1v) is 6.94. The summed E-state index contributed by atoms with van der Waals surface area (Å²) in [4.78, 5) is 4.79. The van der Waals surface area contributed by atoms with Crippen LogP contribution in [0.15, 0.2) is 24.3 Å². The monoisotopic (exact) mass is 263 g/mol. The Morgan fingerprint density at radius 1 is 1.32 bits per heavy atom. The van der Waals surface area contributed by atoms with Crippen molar-refractivity contribution in [1.29, 1.82) is 0 Å². The summed E-state index contributed by atoms with van der Waals surface area (Å²) >= 11 is 0. The van der Waals surface area contributed by atoms with Gasteiger partial charge in [0.15, 0.2) is 0 Å². The molecule has 1 aliphatic rings. The molecule has 106 valence electrons. The molecule has 0 amide bonds. The van der Waals surface area contributed by atoms with E-state index in [1.54, 1.807) is 0 Å². The van der Waals surface area contributed by atoms with E-state index in [9.17, 15) is 0 Å². The first kappa shape index (κ1) is 14.2. The van der Waals surface area contributed by atoms with E-state index in [1.165, 1.54) is 0 Å². The molecule has 1 heterocycles. The van der Waals surface area contributed by atoms with Crippen molar-refractivity contribution in [2.45, 2.75) is 13.0 Å². The lowest BCUT2D eigenvalue weighted by Gasteiger charge is -2.22. The summed E-state index contributed by atoms with van der Waals surface area (Å²) in [6, 6.07) is 8.32. The van der Waals surface area contributed by atoms with E-state index in [0.717, 1.165) is 31.3 Å². The van der Waals surface area contributed by atoms with Crippen molar-refractivity contribution in [3.63, 3.8) is 0 Å². The fraction of sp³-hybridized carbons (Fsp3) is 0.600. The number of nitrogens with two attached hydrogens (primary N) is 1. The van der Waals surface area contributed by atoms with Crippen LogP contribution in [0.1, 0.15) is 6.92 Å². The van der Waals surface area contributed by atoms with Gasteiger partial charge in [0.05, 0.1) is 5.69 Å². The number of anilines is 1. The van der Waals surface area contributed by atoms with Crippen molar-refractivity contribution in [3.8, 4) is 5.75 Å². The van der Waals surface area contributed by atoms with Crippen molar-refractivity contribution in [2.75, 3.05) is 46.1 Å². The summed E-state index contributed by atoms with van der Waals surface area (Å²) in [5, 5.41) is 0. The molecule has 1 aromatic rings. The second-order valence-corrected chi connectivity index (χ2v) is 5.65. The van der Waals surface area contributed by atoms with Crippen LogP contribution in [-0.4, -0.2) is 56.2 Å². The van der Waals surface area contributed by atoms with Gasteiger partial charge in [-0.3, -0.25) is 4.90 Å². The predicted octanol–water partition coefficient (Wildman–Crippen LogP) is 1.53. The Labute approximate surface area is 116 Å². The average molecular weight is 263 g/mol. The Kier molecular flexibility index (Phi) is 4.66. The molecule has 0 bridgehead atoms. The second kappa shape index (κ2) is 6.26. The van der Waals surface area contributed by atoms with Crippen LogP contribution in [0.4, 0.5) is 5.69 Å². The van der Waals surface area contributed by atoms with Crippen molar-refractivity contribution in [2.24, 2.45) is 5.92 Å². The third-order valence-electron chi connectivity index (χ3n) is 3.90. The minimum Gasteiger partial charge on any atom is -0.490 e. The number of likely N-dealkylation sites (N-methyl/N-ethyl adjacent to an activating group) is 1. The molecule has 2 unspecified atom stereocenters. The van der Waals surface area contributed by atoms with Gasteiger partial charge in [0.1, 0.15) is 12.4 Å². The van der Waals surface area contributed by atoms with Crippen molar-refractivity contribution < 1.29 is 4.74 Å². The number of ether oxygens (including phenoxy) is 1. The van der Waals surface area contributed by atoms with Crippen LogP contribution in [0.5, 0.6) is 5.75 Å². The molecule has 2 rings (SSSR count). The molecule has 0 aliphatic carbocycles. The zero-order chi connectivity index (χ0) is 13.8. The van der Waals surface area contributed by atoms with E-state index in [4.69, 9.17) is 10.5 Å². The molecular weight excluding hydrogens is 238 g/mol. The van der Waals surface area contributed by atoms with Gasteiger partial charge in [-0.05, 0) is 32.1 Å². The molecule has 4 nitrogen and oxygen atoms in total. The highest BCUT2D eigenvalue weighted by atomic mass is 16.5. The Balaban J connectivity index is 1.77. The van der Waals surface area contributed by atoms with Crippen LogP contribution in [0.2, 0.25) is 0 Å². The van der Waals surface area contributed by atoms with Crippen molar-refractivity contribution >= 4 is 5.69 Å². The summed E-state index contributed by atoms with van der Waals surface area (Å²) in [5.41, 5.74) is 6.56. The maximum Gasteiger partial charge on any atom is 0.142 e. The van der Waals surface area contributed by atoms with E-state index in [-0.39, 0.29) is 0 Å². The van der Waals surface area contributed by atoms with Crippen LogP contribution >= 0.6 is 0 Å². The molecule has 0 saturated carbocycles. The molecule has 4 heteroatoms. The maximum atomic E-state index is 5.85. The fourth-order valence-corrected chi connectivity index (χ4v) is 2.80. The van der Waals surface area contributed by atoms with E-state index in [0.29, 0.717) is 18.3 Å². The molecule has 1 aliphatic heterocycles. The number of para-hydroxylation sites is 2. The Morgan fingerprint density at radius 2 is 2.05 bits per heavy atom. The molecule has 2 atom stereocenters. The molecule has 19 heavy (non-hydrogen) atoms. The lowest BCUT2D eigenvalue weighted by Crippen LogP contribution is -2.35. The highest BCUT2D eigenvalue weighted by Crippen LogP contribution is 2.21. The lowest BCUT2D eigenvalue weighted by atomic mass is 10.1. The minimum atomic E-state index is 0.654. The molecular formula is C15H25N3O. The first-order chi connectivity index (χ1) is 9.08. The molecule has 0 spiro atoms. The maximum absolute atomic E-state index is 5.85. The van der Waals surface area contributed by atoms with Crippen LogP contribution in [-0.2, 0) is 0 Å². The van der Waals surface area contributed by atoms with E-state index >= 15 is 0 Å². The van der Waals surface area contributed by atoms with Gasteiger partial charge in [0.25, 0.3) is 0 Å². The molecule has 1 aromatic carbocycles. The SMILES string of the molecule is CC1CN(CCOc2ccccc2N)CC1N(C)C.